The molecule has 1 fully saturated rings. The van der Waals surface area contributed by atoms with Crippen LogP contribution in [0.5, 0.6) is 0 Å². The first-order chi connectivity index (χ1) is 15.0. The summed E-state index contributed by atoms with van der Waals surface area (Å²) in [6.45, 7) is 1.82. The van der Waals surface area contributed by atoms with Gasteiger partial charge in [0.05, 0.1) is 35.6 Å². The van der Waals surface area contributed by atoms with Crippen LogP contribution in [0.25, 0.3) is 0 Å². The SMILES string of the molecule is Cc1cc(C(F)(F)F)cc(NC(=O)N(C)[C@H]2CCN(c3cnc(N)c(C=[NH2+])c3)C[C@@H]2F)n1. The van der Waals surface area contributed by atoms with Crippen molar-refractivity contribution in [2.24, 2.45) is 0 Å². The van der Waals surface area contributed by atoms with Crippen LogP contribution in [-0.4, -0.2) is 59.5 Å². The summed E-state index contributed by atoms with van der Waals surface area (Å²) in [6, 6.07) is 1.82. The number of nitrogens with zero attached hydrogens (tertiary/aromatic N) is 4. The maximum atomic E-state index is 15.0. The highest BCUT2D eigenvalue weighted by Gasteiger charge is 2.35. The molecule has 8 nitrogen and oxygen atoms in total. The molecule has 3 heterocycles. The highest BCUT2D eigenvalue weighted by atomic mass is 19.4. The zero-order chi connectivity index (χ0) is 23.6. The highest BCUT2D eigenvalue weighted by molar-refractivity contribution is 5.88. The number of anilines is 3. The maximum absolute atomic E-state index is 15.0. The predicted molar refractivity (Wildman–Crippen MR) is 112 cm³/mol. The number of rotatable bonds is 4. The van der Waals surface area contributed by atoms with Crippen LogP contribution in [0.1, 0.15) is 23.2 Å². The Labute approximate surface area is 181 Å². The number of nitrogens with one attached hydrogen (secondary N) is 1. The van der Waals surface area contributed by atoms with Crippen LogP contribution in [0.3, 0.4) is 0 Å². The van der Waals surface area contributed by atoms with Crippen LogP contribution in [0.2, 0.25) is 0 Å². The van der Waals surface area contributed by atoms with Gasteiger partial charge in [-0.3, -0.25) is 10.7 Å². The van der Waals surface area contributed by atoms with Gasteiger partial charge in [0.25, 0.3) is 0 Å². The van der Waals surface area contributed by atoms with Crippen molar-refractivity contribution in [3.8, 4) is 0 Å². The van der Waals surface area contributed by atoms with Crippen LogP contribution in [0, 0.1) is 6.92 Å². The van der Waals surface area contributed by atoms with Gasteiger partial charge in [0, 0.05) is 19.3 Å². The van der Waals surface area contributed by atoms with Crippen molar-refractivity contribution in [1.82, 2.24) is 14.9 Å². The highest BCUT2D eigenvalue weighted by Crippen LogP contribution is 2.31. The number of nitrogens with two attached hydrogens (primary N) is 2. The Balaban J connectivity index is 1.67. The molecule has 0 aromatic carbocycles. The van der Waals surface area contributed by atoms with E-state index in [9.17, 15) is 22.4 Å². The van der Waals surface area contributed by atoms with Gasteiger partial charge in [0.1, 0.15) is 17.8 Å². The molecule has 0 saturated carbocycles. The minimum absolute atomic E-state index is 0.00118. The Morgan fingerprint density at radius 2 is 2.09 bits per heavy atom. The number of carbonyl (C=O) groups excluding carboxylic acids is 1. The van der Waals surface area contributed by atoms with Crippen molar-refractivity contribution in [2.45, 2.75) is 31.7 Å². The van der Waals surface area contributed by atoms with Crippen LogP contribution in [0.4, 0.5) is 39.7 Å². The number of nitrogen functional groups attached to an aromatic ring is 1. The fourth-order valence-corrected chi connectivity index (χ4v) is 3.60. The Bertz CT molecular complexity index is 1010. The third kappa shape index (κ3) is 5.06. The predicted octanol–water partition coefficient (Wildman–Crippen LogP) is 1.64. The van der Waals surface area contributed by atoms with Crippen molar-refractivity contribution >= 4 is 29.6 Å². The van der Waals surface area contributed by atoms with E-state index < -0.39 is 30.0 Å². The lowest BCUT2D eigenvalue weighted by Crippen LogP contribution is -2.54. The molecule has 0 aliphatic carbocycles. The number of hydrogen-bond acceptors (Lipinski definition) is 5. The van der Waals surface area contributed by atoms with Crippen molar-refractivity contribution in [3.63, 3.8) is 0 Å². The molecule has 32 heavy (non-hydrogen) atoms. The van der Waals surface area contributed by atoms with Gasteiger partial charge in [-0.15, -0.1) is 0 Å². The van der Waals surface area contributed by atoms with Gasteiger partial charge in [0.2, 0.25) is 0 Å². The van der Waals surface area contributed by atoms with E-state index >= 15 is 0 Å². The number of carbonyl (C=O) groups is 1. The summed E-state index contributed by atoms with van der Waals surface area (Å²) in [5.41, 5.74) is 6.07. The minimum Gasteiger partial charge on any atom is -0.383 e. The lowest BCUT2D eigenvalue weighted by Gasteiger charge is -2.39. The minimum atomic E-state index is -4.57. The Hall–Kier alpha value is -3.44. The summed E-state index contributed by atoms with van der Waals surface area (Å²) < 4.78 is 54.0. The summed E-state index contributed by atoms with van der Waals surface area (Å²) in [4.78, 5) is 23.5. The molecule has 1 aliphatic heterocycles. The average Bonchev–Trinajstić information content (AvgIpc) is 2.72. The molecule has 0 spiro atoms. The van der Waals surface area contributed by atoms with E-state index in [1.807, 2.05) is 0 Å². The Morgan fingerprint density at radius 1 is 1.38 bits per heavy atom. The lowest BCUT2D eigenvalue weighted by molar-refractivity contribution is -0.137. The fourth-order valence-electron chi connectivity index (χ4n) is 3.60. The summed E-state index contributed by atoms with van der Waals surface area (Å²) in [5, 5.41) is 7.85. The van der Waals surface area contributed by atoms with Gasteiger partial charge in [-0.25, -0.2) is 19.2 Å². The molecule has 2 atom stereocenters. The van der Waals surface area contributed by atoms with E-state index in [0.717, 1.165) is 17.0 Å². The Morgan fingerprint density at radius 3 is 2.72 bits per heavy atom. The van der Waals surface area contributed by atoms with E-state index in [-0.39, 0.29) is 23.9 Å². The first-order valence-electron chi connectivity index (χ1n) is 9.78. The molecule has 2 aromatic heterocycles. The third-order valence-electron chi connectivity index (χ3n) is 5.32. The van der Waals surface area contributed by atoms with E-state index in [1.54, 1.807) is 11.0 Å². The number of alkyl halides is 4. The number of hydrogen-bond donors (Lipinski definition) is 3. The normalized spacial score (nSPS) is 18.9. The first kappa shape index (κ1) is 23.2. The zero-order valence-electron chi connectivity index (χ0n) is 17.5. The van der Waals surface area contributed by atoms with E-state index in [1.165, 1.54) is 26.4 Å². The monoisotopic (exact) mass is 454 g/mol. The number of halogens is 4. The molecule has 3 rings (SSSR count). The molecule has 1 saturated heterocycles. The second-order valence-electron chi connectivity index (χ2n) is 7.57. The number of amides is 2. The van der Waals surface area contributed by atoms with Crippen molar-refractivity contribution in [1.29, 1.82) is 0 Å². The molecule has 5 N–H and O–H groups in total. The van der Waals surface area contributed by atoms with Gasteiger partial charge in [0.15, 0.2) is 6.21 Å². The molecule has 2 amide bonds. The van der Waals surface area contributed by atoms with Crippen LogP contribution < -0.4 is 21.4 Å². The molecular formula is C20H24F4N7O+. The van der Waals surface area contributed by atoms with E-state index in [2.05, 4.69) is 15.3 Å². The smallest absolute Gasteiger partial charge is 0.383 e. The second-order valence-corrected chi connectivity index (χ2v) is 7.57. The van der Waals surface area contributed by atoms with Crippen molar-refractivity contribution in [2.75, 3.05) is 36.1 Å². The summed E-state index contributed by atoms with van der Waals surface area (Å²) in [5.74, 6) is 0.0123. The number of urea groups is 1. The van der Waals surface area contributed by atoms with Crippen molar-refractivity contribution < 1.29 is 27.8 Å². The van der Waals surface area contributed by atoms with Crippen molar-refractivity contribution in [3.05, 3.63) is 41.2 Å². The lowest BCUT2D eigenvalue weighted by atomic mass is 10.0. The van der Waals surface area contributed by atoms with Gasteiger partial charge in [-0.2, -0.15) is 13.2 Å². The molecule has 0 bridgehead atoms. The third-order valence-corrected chi connectivity index (χ3v) is 5.32. The van der Waals surface area contributed by atoms with E-state index in [4.69, 9.17) is 11.1 Å². The number of aryl methyl sites for hydroxylation is 1. The molecule has 1 aliphatic rings. The molecule has 172 valence electrons. The molecular weight excluding hydrogens is 430 g/mol. The summed E-state index contributed by atoms with van der Waals surface area (Å²) in [6.07, 6.45) is -2.85. The van der Waals surface area contributed by atoms with Gasteiger partial charge in [-0.05, 0) is 31.5 Å². The fraction of sp³-hybridized carbons (Fsp3) is 0.400. The molecule has 12 heteroatoms. The van der Waals surface area contributed by atoms with Gasteiger partial charge < -0.3 is 15.5 Å². The van der Waals surface area contributed by atoms with Gasteiger partial charge >= 0.3 is 12.2 Å². The first-order valence-corrected chi connectivity index (χ1v) is 9.78. The number of aromatic nitrogens is 2. The molecule has 0 radical (unpaired) electrons. The molecule has 2 aromatic rings. The maximum Gasteiger partial charge on any atom is 0.416 e. The summed E-state index contributed by atoms with van der Waals surface area (Å²) in [7, 11) is 1.40. The summed E-state index contributed by atoms with van der Waals surface area (Å²) >= 11 is 0. The molecule has 0 unspecified atom stereocenters. The second kappa shape index (κ2) is 8.97. The van der Waals surface area contributed by atoms with Crippen LogP contribution in [-0.2, 0) is 6.18 Å². The van der Waals surface area contributed by atoms with Crippen LogP contribution >= 0.6 is 0 Å². The number of pyridine rings is 2. The zero-order valence-corrected chi connectivity index (χ0v) is 17.5. The van der Waals surface area contributed by atoms with Crippen LogP contribution in [0.15, 0.2) is 24.4 Å². The number of piperidine rings is 1. The Kier molecular flexibility index (Phi) is 6.51. The van der Waals surface area contributed by atoms with E-state index in [0.29, 0.717) is 24.2 Å². The average molecular weight is 454 g/mol. The van der Waals surface area contributed by atoms with Gasteiger partial charge in [-0.1, -0.05) is 0 Å². The standard InChI is InChI=1S/C20H23F4N7O/c1-11-5-13(20(22,23)24)7-17(28-11)29-19(32)30(2)16-3-4-31(10-15(16)21)14-6-12(8-25)18(26)27-9-14/h5-9,15-16,25H,3-4,10H2,1-2H3,(H2,26,27)(H,28,29,32)/p+1/t15-,16-/m0/s1. The quantitative estimate of drug-likeness (QED) is 0.480. The topological polar surface area (TPSA) is 113 Å². The largest absolute Gasteiger partial charge is 0.416 e.